The zero-order chi connectivity index (χ0) is 25.6. The summed E-state index contributed by atoms with van der Waals surface area (Å²) < 4.78 is 55.8. The van der Waals surface area contributed by atoms with E-state index in [1.807, 2.05) is 0 Å². The Labute approximate surface area is 205 Å². The number of piperidine rings is 1. The lowest BCUT2D eigenvalue weighted by atomic mass is 10.0. The van der Waals surface area contributed by atoms with Gasteiger partial charge in [0.1, 0.15) is 5.82 Å². The molecule has 1 aromatic heterocycles. The number of alkyl halides is 3. The van der Waals surface area contributed by atoms with Crippen LogP contribution in [0, 0.1) is 23.1 Å². The fraction of sp³-hybridized carbons (Fsp3) is 0.538. The third kappa shape index (κ3) is 3.90. The van der Waals surface area contributed by atoms with Crippen LogP contribution in [0.2, 0.25) is 0 Å². The average Bonchev–Trinajstić information content (AvgIpc) is 3.76. The highest BCUT2D eigenvalue weighted by molar-refractivity contribution is 5.99. The number of nitrogens with zero attached hydrogens (tertiary/aromatic N) is 2. The number of nitrogens with one attached hydrogen (secondary N) is 2. The van der Waals surface area contributed by atoms with Crippen LogP contribution in [0.5, 0.6) is 0 Å². The molecule has 1 saturated heterocycles. The molecule has 5 atom stereocenters. The minimum absolute atomic E-state index is 0.0675. The van der Waals surface area contributed by atoms with E-state index in [0.717, 1.165) is 38.4 Å². The fourth-order valence-corrected chi connectivity index (χ4v) is 6.10. The molecule has 3 aliphatic carbocycles. The second-order valence-corrected chi connectivity index (χ2v) is 11.0. The number of pyridine rings is 1. The Morgan fingerprint density at radius 3 is 2.50 bits per heavy atom. The summed E-state index contributed by atoms with van der Waals surface area (Å²) in [7, 11) is 2.06. The van der Waals surface area contributed by atoms with E-state index >= 15 is 0 Å². The lowest BCUT2D eigenvalue weighted by Gasteiger charge is -2.21. The molecule has 4 fully saturated rings. The first-order valence-corrected chi connectivity index (χ1v) is 12.4. The highest BCUT2D eigenvalue weighted by Crippen LogP contribution is 2.72. The van der Waals surface area contributed by atoms with Crippen LogP contribution in [-0.4, -0.2) is 41.6 Å². The number of halogens is 4. The Bertz CT molecular complexity index is 1290. The summed E-state index contributed by atoms with van der Waals surface area (Å²) in [5.41, 5.74) is -0.958. The number of amides is 1. The molecule has 1 amide bonds. The Morgan fingerprint density at radius 1 is 1.19 bits per heavy atom. The Balaban J connectivity index is 1.28. The standard InChI is InChI=1S/C26H28F4N4O2/c1-13(14-4-3-5-18(22(14)27)26(28,29)30)31-24(36)17-12-34(20-9-25(20)6-7-25)21(35)8-19(17)32-23-15-10-33(2)11-16(15)23/h3-5,8,12-13,15-16,20,23,32H,6-7,9-11H2,1-2H3,(H,31,36)/t13-,15-,16+,20-,23+/m1/s1. The van der Waals surface area contributed by atoms with Crippen LogP contribution in [0.3, 0.4) is 0 Å². The molecule has 1 aliphatic heterocycles. The summed E-state index contributed by atoms with van der Waals surface area (Å²) in [6.45, 7) is 3.33. The van der Waals surface area contributed by atoms with Gasteiger partial charge in [0.05, 0.1) is 22.9 Å². The summed E-state index contributed by atoms with van der Waals surface area (Å²) in [6, 6.07) is 3.71. The molecule has 2 heterocycles. The summed E-state index contributed by atoms with van der Waals surface area (Å²) in [5, 5.41) is 6.04. The van der Waals surface area contributed by atoms with Gasteiger partial charge in [-0.05, 0) is 56.6 Å². The maximum absolute atomic E-state index is 14.7. The van der Waals surface area contributed by atoms with Crippen molar-refractivity contribution >= 4 is 11.6 Å². The molecule has 192 valence electrons. The van der Waals surface area contributed by atoms with Gasteiger partial charge in [-0.3, -0.25) is 9.59 Å². The topological polar surface area (TPSA) is 66.4 Å². The number of likely N-dealkylation sites (tertiary alicyclic amines) is 1. The maximum atomic E-state index is 14.7. The number of fused-ring (bicyclic) bond motifs is 1. The normalized spacial score (nSPS) is 28.5. The van der Waals surface area contributed by atoms with Crippen molar-refractivity contribution in [3.8, 4) is 0 Å². The number of anilines is 1. The second kappa shape index (κ2) is 7.81. The number of benzene rings is 1. The van der Waals surface area contributed by atoms with Gasteiger partial charge in [0.25, 0.3) is 11.5 Å². The van der Waals surface area contributed by atoms with Crippen molar-refractivity contribution in [1.82, 2.24) is 14.8 Å². The molecule has 1 spiro atoms. The van der Waals surface area contributed by atoms with Gasteiger partial charge in [0.15, 0.2) is 0 Å². The molecule has 4 aliphatic rings. The van der Waals surface area contributed by atoms with Crippen molar-refractivity contribution in [3.05, 3.63) is 63.3 Å². The van der Waals surface area contributed by atoms with Gasteiger partial charge in [-0.15, -0.1) is 0 Å². The van der Waals surface area contributed by atoms with Crippen LogP contribution in [0.1, 0.15) is 59.8 Å². The molecule has 2 aromatic rings. The van der Waals surface area contributed by atoms with Crippen LogP contribution in [-0.2, 0) is 6.18 Å². The molecule has 36 heavy (non-hydrogen) atoms. The molecular formula is C26H28F4N4O2. The van der Waals surface area contributed by atoms with Crippen molar-refractivity contribution in [2.75, 3.05) is 25.5 Å². The molecule has 6 rings (SSSR count). The monoisotopic (exact) mass is 504 g/mol. The van der Waals surface area contributed by atoms with Crippen LogP contribution < -0.4 is 16.2 Å². The van der Waals surface area contributed by atoms with E-state index in [9.17, 15) is 27.2 Å². The summed E-state index contributed by atoms with van der Waals surface area (Å²) >= 11 is 0. The van der Waals surface area contributed by atoms with E-state index in [1.165, 1.54) is 19.1 Å². The maximum Gasteiger partial charge on any atom is 0.419 e. The third-order valence-electron chi connectivity index (χ3n) is 8.55. The number of carbonyl (C=O) groups is 1. The van der Waals surface area contributed by atoms with Crippen LogP contribution in [0.15, 0.2) is 35.3 Å². The third-order valence-corrected chi connectivity index (χ3v) is 8.55. The first kappa shape index (κ1) is 23.5. The Kier molecular flexibility index (Phi) is 5.10. The largest absolute Gasteiger partial charge is 0.419 e. The SMILES string of the molecule is C[C@@H](NC(=O)c1cn([C@@H]2CC23CC3)c(=O)cc1N[C@H]1[C@@H]2CN(C)C[C@@H]21)c1cccc(C(F)(F)F)c1F. The van der Waals surface area contributed by atoms with Crippen molar-refractivity contribution in [3.63, 3.8) is 0 Å². The first-order chi connectivity index (χ1) is 17.0. The van der Waals surface area contributed by atoms with Gasteiger partial charge in [0.2, 0.25) is 0 Å². The van der Waals surface area contributed by atoms with Gasteiger partial charge in [-0.1, -0.05) is 12.1 Å². The second-order valence-electron chi connectivity index (χ2n) is 11.0. The van der Waals surface area contributed by atoms with Gasteiger partial charge in [-0.25, -0.2) is 4.39 Å². The number of carbonyl (C=O) groups excluding carboxylic acids is 1. The molecule has 6 nitrogen and oxygen atoms in total. The fourth-order valence-electron chi connectivity index (χ4n) is 6.10. The summed E-state index contributed by atoms with van der Waals surface area (Å²) in [6.07, 6.45) is -0.230. The van der Waals surface area contributed by atoms with Crippen molar-refractivity contribution in [2.45, 2.75) is 50.5 Å². The zero-order valence-electron chi connectivity index (χ0n) is 20.0. The smallest absolute Gasteiger partial charge is 0.381 e. The summed E-state index contributed by atoms with van der Waals surface area (Å²) in [5.74, 6) is -1.07. The minimum atomic E-state index is -4.84. The van der Waals surface area contributed by atoms with Gasteiger partial charge >= 0.3 is 6.18 Å². The van der Waals surface area contributed by atoms with E-state index in [0.29, 0.717) is 23.6 Å². The van der Waals surface area contributed by atoms with Crippen LogP contribution >= 0.6 is 0 Å². The van der Waals surface area contributed by atoms with Gasteiger partial charge < -0.3 is 20.1 Å². The van der Waals surface area contributed by atoms with Crippen molar-refractivity contribution < 1.29 is 22.4 Å². The molecule has 0 unspecified atom stereocenters. The highest BCUT2D eigenvalue weighted by Gasteiger charge is 2.64. The van der Waals surface area contributed by atoms with Crippen LogP contribution in [0.4, 0.5) is 23.2 Å². The highest BCUT2D eigenvalue weighted by atomic mass is 19.4. The lowest BCUT2D eigenvalue weighted by Crippen LogP contribution is -2.32. The number of aromatic nitrogens is 1. The van der Waals surface area contributed by atoms with Crippen LogP contribution in [0.25, 0.3) is 0 Å². The van der Waals surface area contributed by atoms with E-state index in [1.54, 1.807) is 10.8 Å². The molecule has 0 radical (unpaired) electrons. The van der Waals surface area contributed by atoms with E-state index in [2.05, 4.69) is 22.6 Å². The number of hydrogen-bond acceptors (Lipinski definition) is 4. The number of hydrogen-bond donors (Lipinski definition) is 2. The van der Waals surface area contributed by atoms with E-state index in [4.69, 9.17) is 0 Å². The van der Waals surface area contributed by atoms with Crippen molar-refractivity contribution in [2.24, 2.45) is 17.3 Å². The first-order valence-electron chi connectivity index (χ1n) is 12.4. The van der Waals surface area contributed by atoms with Gasteiger partial charge in [0, 0.05) is 43.0 Å². The summed E-state index contributed by atoms with van der Waals surface area (Å²) in [4.78, 5) is 28.6. The molecule has 2 N–H and O–H groups in total. The molecule has 0 bridgehead atoms. The predicted molar refractivity (Wildman–Crippen MR) is 125 cm³/mol. The van der Waals surface area contributed by atoms with Gasteiger partial charge in [-0.2, -0.15) is 13.2 Å². The minimum Gasteiger partial charge on any atom is -0.381 e. The quantitative estimate of drug-likeness (QED) is 0.579. The molecule has 1 aromatic carbocycles. The molecule has 3 saturated carbocycles. The molecule has 10 heteroatoms. The Morgan fingerprint density at radius 2 is 1.89 bits per heavy atom. The zero-order valence-corrected chi connectivity index (χ0v) is 20.0. The molecular weight excluding hydrogens is 476 g/mol. The van der Waals surface area contributed by atoms with Crippen molar-refractivity contribution in [1.29, 1.82) is 0 Å². The van der Waals surface area contributed by atoms with E-state index < -0.39 is 29.5 Å². The number of rotatable bonds is 6. The van der Waals surface area contributed by atoms with E-state index in [-0.39, 0.29) is 34.2 Å². The average molecular weight is 505 g/mol. The Hall–Kier alpha value is -2.88. The lowest BCUT2D eigenvalue weighted by molar-refractivity contribution is -0.140. The predicted octanol–water partition coefficient (Wildman–Crippen LogP) is 4.19.